The third kappa shape index (κ3) is 4.13. The van der Waals surface area contributed by atoms with Gasteiger partial charge >= 0.3 is 0 Å². The van der Waals surface area contributed by atoms with Crippen LogP contribution in [0.3, 0.4) is 0 Å². The van der Waals surface area contributed by atoms with Crippen LogP contribution in [0.15, 0.2) is 47.6 Å². The standard InChI is InChI=1S/C18H20ClN3O2/c1-12-14(11-13-7-9-15(19)10-8-13)5-4-6-16(12)17(21-24-3)18(23)22(2)20/h4-10H,11,20H2,1-3H3/b21-17-. The normalized spacial score (nSPS) is 11.3. The van der Waals surface area contributed by atoms with E-state index in [1.807, 2.05) is 49.4 Å². The largest absolute Gasteiger partial charge is 0.398 e. The molecule has 1 amide bonds. The van der Waals surface area contributed by atoms with Gasteiger partial charge in [-0.1, -0.05) is 47.1 Å². The first-order valence-electron chi connectivity index (χ1n) is 7.41. The second-order valence-electron chi connectivity index (χ2n) is 5.43. The van der Waals surface area contributed by atoms with Gasteiger partial charge < -0.3 is 4.84 Å². The van der Waals surface area contributed by atoms with Gasteiger partial charge in [0, 0.05) is 17.6 Å². The molecule has 0 saturated carbocycles. The number of halogens is 1. The highest BCUT2D eigenvalue weighted by molar-refractivity contribution is 6.45. The lowest BCUT2D eigenvalue weighted by Gasteiger charge is -2.15. The van der Waals surface area contributed by atoms with Crippen LogP contribution < -0.4 is 5.84 Å². The van der Waals surface area contributed by atoms with Crippen molar-refractivity contribution in [1.82, 2.24) is 5.01 Å². The highest BCUT2D eigenvalue weighted by Gasteiger charge is 2.20. The molecule has 0 fully saturated rings. The number of amides is 1. The molecule has 2 aromatic rings. The number of hydrogen-bond acceptors (Lipinski definition) is 4. The maximum Gasteiger partial charge on any atom is 0.290 e. The number of nitrogens with zero attached hydrogens (tertiary/aromatic N) is 2. The smallest absolute Gasteiger partial charge is 0.290 e. The quantitative estimate of drug-likeness (QED) is 0.392. The minimum atomic E-state index is -0.413. The zero-order valence-corrected chi connectivity index (χ0v) is 14.7. The molecule has 5 nitrogen and oxygen atoms in total. The van der Waals surface area contributed by atoms with E-state index in [2.05, 4.69) is 5.16 Å². The Hall–Kier alpha value is -2.37. The zero-order valence-electron chi connectivity index (χ0n) is 13.9. The van der Waals surface area contributed by atoms with E-state index in [4.69, 9.17) is 22.3 Å². The van der Waals surface area contributed by atoms with Gasteiger partial charge in [-0.3, -0.25) is 9.80 Å². The molecule has 0 bridgehead atoms. The Morgan fingerprint density at radius 3 is 2.50 bits per heavy atom. The molecule has 0 atom stereocenters. The van der Waals surface area contributed by atoms with Crippen LogP contribution in [-0.2, 0) is 16.1 Å². The van der Waals surface area contributed by atoms with Crippen LogP contribution >= 0.6 is 11.6 Å². The number of hydrogen-bond donors (Lipinski definition) is 1. The number of carbonyl (C=O) groups is 1. The number of carbonyl (C=O) groups excluding carboxylic acids is 1. The lowest BCUT2D eigenvalue weighted by molar-refractivity contribution is -0.123. The van der Waals surface area contributed by atoms with Crippen LogP contribution in [0.4, 0.5) is 0 Å². The van der Waals surface area contributed by atoms with Crippen LogP contribution in [-0.4, -0.2) is 30.8 Å². The molecule has 2 rings (SSSR count). The summed E-state index contributed by atoms with van der Waals surface area (Å²) in [5.74, 6) is 5.15. The number of rotatable bonds is 5. The van der Waals surface area contributed by atoms with Crippen LogP contribution in [0.5, 0.6) is 0 Å². The average Bonchev–Trinajstić information content (AvgIpc) is 2.56. The topological polar surface area (TPSA) is 67.9 Å². The third-order valence-corrected chi connectivity index (χ3v) is 3.97. The molecule has 126 valence electrons. The Kier molecular flexibility index (Phi) is 5.95. The molecular formula is C18H20ClN3O2. The lowest BCUT2D eigenvalue weighted by atomic mass is 9.94. The predicted octanol–water partition coefficient (Wildman–Crippen LogP) is 2.92. The van der Waals surface area contributed by atoms with E-state index in [1.54, 1.807) is 0 Å². The van der Waals surface area contributed by atoms with E-state index in [9.17, 15) is 4.79 Å². The SMILES string of the molecule is CO/N=C(\C(=O)N(C)N)c1cccc(Cc2ccc(Cl)cc2)c1C. The van der Waals surface area contributed by atoms with Crippen molar-refractivity contribution in [3.05, 3.63) is 69.7 Å². The van der Waals surface area contributed by atoms with Gasteiger partial charge in [0.25, 0.3) is 5.91 Å². The van der Waals surface area contributed by atoms with E-state index in [-0.39, 0.29) is 5.71 Å². The maximum absolute atomic E-state index is 12.3. The van der Waals surface area contributed by atoms with E-state index in [0.717, 1.165) is 28.1 Å². The summed E-state index contributed by atoms with van der Waals surface area (Å²) >= 11 is 5.93. The molecule has 0 aromatic heterocycles. The van der Waals surface area contributed by atoms with Crippen molar-refractivity contribution in [3.8, 4) is 0 Å². The van der Waals surface area contributed by atoms with Gasteiger partial charge in [0.1, 0.15) is 7.11 Å². The third-order valence-electron chi connectivity index (χ3n) is 3.71. The average molecular weight is 346 g/mol. The van der Waals surface area contributed by atoms with Gasteiger partial charge in [0.05, 0.1) is 0 Å². The molecule has 0 spiro atoms. The van der Waals surface area contributed by atoms with Crippen LogP contribution in [0, 0.1) is 6.92 Å². The van der Waals surface area contributed by atoms with E-state index in [1.165, 1.54) is 14.2 Å². The summed E-state index contributed by atoms with van der Waals surface area (Å²) in [6, 6.07) is 13.4. The first kappa shape index (κ1) is 18.0. The first-order chi connectivity index (χ1) is 11.4. The van der Waals surface area contributed by atoms with Crippen molar-refractivity contribution in [2.45, 2.75) is 13.3 Å². The number of likely N-dealkylation sites (N-methyl/N-ethyl adjacent to an activating group) is 1. The molecule has 0 saturated heterocycles. The Morgan fingerprint density at radius 2 is 1.92 bits per heavy atom. The minimum absolute atomic E-state index is 0.179. The molecule has 0 heterocycles. The lowest BCUT2D eigenvalue weighted by Crippen LogP contribution is -2.39. The molecule has 24 heavy (non-hydrogen) atoms. The monoisotopic (exact) mass is 345 g/mol. The van der Waals surface area contributed by atoms with Crippen molar-refractivity contribution < 1.29 is 9.63 Å². The summed E-state index contributed by atoms with van der Waals surface area (Å²) in [5, 5.41) is 5.56. The number of hydrazine groups is 1. The fourth-order valence-corrected chi connectivity index (χ4v) is 2.54. The highest BCUT2D eigenvalue weighted by Crippen LogP contribution is 2.20. The molecule has 2 aromatic carbocycles. The fraction of sp³-hybridized carbons (Fsp3) is 0.222. The predicted molar refractivity (Wildman–Crippen MR) is 95.9 cm³/mol. The second kappa shape index (κ2) is 7.95. The highest BCUT2D eigenvalue weighted by atomic mass is 35.5. The molecule has 0 unspecified atom stereocenters. The van der Waals surface area contributed by atoms with Crippen molar-refractivity contribution in [3.63, 3.8) is 0 Å². The van der Waals surface area contributed by atoms with Crippen LogP contribution in [0.1, 0.15) is 22.3 Å². The van der Waals surface area contributed by atoms with Gasteiger partial charge in [0.2, 0.25) is 0 Å². The summed E-state index contributed by atoms with van der Waals surface area (Å²) in [4.78, 5) is 17.1. The Bertz CT molecular complexity index is 755. The van der Waals surface area contributed by atoms with Gasteiger partial charge in [-0.05, 0) is 42.2 Å². The molecule has 0 radical (unpaired) electrons. The fourth-order valence-electron chi connectivity index (χ4n) is 2.42. The van der Waals surface area contributed by atoms with Gasteiger partial charge in [0.15, 0.2) is 5.71 Å². The van der Waals surface area contributed by atoms with Gasteiger partial charge in [-0.25, -0.2) is 5.84 Å². The van der Waals surface area contributed by atoms with Gasteiger partial charge in [-0.2, -0.15) is 0 Å². The first-order valence-corrected chi connectivity index (χ1v) is 7.79. The Balaban J connectivity index is 2.40. The number of benzene rings is 2. The summed E-state index contributed by atoms with van der Waals surface area (Å²) < 4.78 is 0. The molecule has 0 aliphatic heterocycles. The van der Waals surface area contributed by atoms with E-state index in [0.29, 0.717) is 10.6 Å². The van der Waals surface area contributed by atoms with E-state index < -0.39 is 5.91 Å². The summed E-state index contributed by atoms with van der Waals surface area (Å²) in [5.41, 5.74) is 4.06. The maximum atomic E-state index is 12.3. The summed E-state index contributed by atoms with van der Waals surface area (Å²) in [7, 11) is 2.87. The number of nitrogens with two attached hydrogens (primary N) is 1. The molecule has 0 aliphatic rings. The van der Waals surface area contributed by atoms with Crippen molar-refractivity contribution in [1.29, 1.82) is 0 Å². The Labute approximate surface area is 146 Å². The molecule has 0 aliphatic carbocycles. The molecule has 6 heteroatoms. The summed E-state index contributed by atoms with van der Waals surface area (Å²) in [6.45, 7) is 1.95. The van der Waals surface area contributed by atoms with Crippen LogP contribution in [0.2, 0.25) is 5.02 Å². The van der Waals surface area contributed by atoms with Gasteiger partial charge in [-0.15, -0.1) is 0 Å². The summed E-state index contributed by atoms with van der Waals surface area (Å²) in [6.07, 6.45) is 0.726. The zero-order chi connectivity index (χ0) is 17.7. The Morgan fingerprint density at radius 1 is 1.25 bits per heavy atom. The molecule has 2 N–H and O–H groups in total. The van der Waals surface area contributed by atoms with Crippen LogP contribution in [0.25, 0.3) is 0 Å². The minimum Gasteiger partial charge on any atom is -0.398 e. The number of oxime groups is 1. The second-order valence-corrected chi connectivity index (χ2v) is 5.87. The van der Waals surface area contributed by atoms with E-state index >= 15 is 0 Å². The molecular weight excluding hydrogens is 326 g/mol. The van der Waals surface area contributed by atoms with Crippen molar-refractivity contribution in [2.24, 2.45) is 11.0 Å². The van der Waals surface area contributed by atoms with Crippen molar-refractivity contribution in [2.75, 3.05) is 14.2 Å². The van der Waals surface area contributed by atoms with Crippen molar-refractivity contribution >= 4 is 23.2 Å².